The van der Waals surface area contributed by atoms with Crippen LogP contribution in [-0.4, -0.2) is 21.9 Å². The Morgan fingerprint density at radius 1 is 1.28 bits per heavy atom. The van der Waals surface area contributed by atoms with Crippen LogP contribution in [0.1, 0.15) is 20.8 Å². The van der Waals surface area contributed by atoms with E-state index in [1.54, 1.807) is 18.5 Å². The lowest BCUT2D eigenvalue weighted by Gasteiger charge is -2.23. The number of hydrogen-bond acceptors (Lipinski definition) is 3. The summed E-state index contributed by atoms with van der Waals surface area (Å²) in [7, 11) is 1.51. The van der Waals surface area contributed by atoms with Crippen molar-refractivity contribution in [2.24, 2.45) is 0 Å². The maximum atomic E-state index is 14.0. The van der Waals surface area contributed by atoms with E-state index >= 15 is 0 Å². The zero-order valence-corrected chi connectivity index (χ0v) is 10.9. The Morgan fingerprint density at radius 2 is 2.00 bits per heavy atom. The summed E-state index contributed by atoms with van der Waals surface area (Å²) in [5.74, 6) is 0.554. The van der Waals surface area contributed by atoms with E-state index < -0.39 is 0 Å². The predicted octanol–water partition coefficient (Wildman–Crippen LogP) is 2.85. The molecule has 18 heavy (non-hydrogen) atoms. The largest absolute Gasteiger partial charge is 0.496 e. The van der Waals surface area contributed by atoms with Crippen molar-refractivity contribution >= 4 is 0 Å². The van der Waals surface area contributed by atoms with Crippen molar-refractivity contribution in [1.29, 1.82) is 0 Å². The third-order valence-corrected chi connectivity index (χ3v) is 2.69. The Hall–Kier alpha value is -1.91. The molecule has 0 N–H and O–H groups in total. The third-order valence-electron chi connectivity index (χ3n) is 2.69. The summed E-state index contributed by atoms with van der Waals surface area (Å²) in [5, 5.41) is 7.89. The molecule has 0 bridgehead atoms. The second-order valence-corrected chi connectivity index (χ2v) is 5.01. The zero-order valence-electron chi connectivity index (χ0n) is 10.9. The first-order valence-corrected chi connectivity index (χ1v) is 5.68. The fourth-order valence-corrected chi connectivity index (χ4v) is 1.79. The van der Waals surface area contributed by atoms with Gasteiger partial charge >= 0.3 is 0 Å². The van der Waals surface area contributed by atoms with Crippen molar-refractivity contribution in [3.63, 3.8) is 0 Å². The molecule has 0 radical (unpaired) electrons. The van der Waals surface area contributed by atoms with E-state index in [9.17, 15) is 4.39 Å². The van der Waals surface area contributed by atoms with Crippen molar-refractivity contribution in [3.05, 3.63) is 30.3 Å². The molecule has 0 saturated carbocycles. The highest BCUT2D eigenvalue weighted by atomic mass is 19.1. The summed E-state index contributed by atoms with van der Waals surface area (Å²) in [6.45, 7) is 6.02. The van der Waals surface area contributed by atoms with Crippen LogP contribution in [0.5, 0.6) is 5.75 Å². The highest BCUT2D eigenvalue weighted by Gasteiger charge is 2.23. The highest BCUT2D eigenvalue weighted by Crippen LogP contribution is 2.33. The van der Waals surface area contributed by atoms with E-state index in [0.717, 1.165) is 0 Å². The molecule has 0 aliphatic rings. The van der Waals surface area contributed by atoms with Crippen molar-refractivity contribution in [3.8, 4) is 17.1 Å². The van der Waals surface area contributed by atoms with Crippen LogP contribution in [0, 0.1) is 5.82 Å². The van der Waals surface area contributed by atoms with E-state index in [-0.39, 0.29) is 11.4 Å². The minimum atomic E-state index is -0.368. The van der Waals surface area contributed by atoms with Gasteiger partial charge in [-0.05, 0) is 32.9 Å². The monoisotopic (exact) mass is 249 g/mol. The molecule has 2 rings (SSSR count). The van der Waals surface area contributed by atoms with Crippen LogP contribution in [0.4, 0.5) is 4.39 Å². The molecule has 4 nitrogen and oxygen atoms in total. The first kappa shape index (κ1) is 12.5. The molecule has 0 spiro atoms. The zero-order chi connectivity index (χ0) is 13.3. The molecule has 0 aliphatic carbocycles. The summed E-state index contributed by atoms with van der Waals surface area (Å²) < 4.78 is 21.0. The van der Waals surface area contributed by atoms with Gasteiger partial charge in [-0.1, -0.05) is 6.07 Å². The maximum absolute atomic E-state index is 14.0. The molecular weight excluding hydrogens is 233 g/mol. The van der Waals surface area contributed by atoms with Gasteiger partial charge in [0.15, 0.2) is 5.82 Å². The molecule has 0 saturated heterocycles. The summed E-state index contributed by atoms with van der Waals surface area (Å²) >= 11 is 0. The molecule has 5 heteroatoms. The van der Waals surface area contributed by atoms with Crippen molar-refractivity contribution in [1.82, 2.24) is 14.8 Å². The fraction of sp³-hybridized carbons (Fsp3) is 0.385. The maximum Gasteiger partial charge on any atom is 0.170 e. The van der Waals surface area contributed by atoms with Crippen LogP contribution in [0.25, 0.3) is 11.4 Å². The molecule has 1 heterocycles. The van der Waals surface area contributed by atoms with Crippen LogP contribution in [0.3, 0.4) is 0 Å². The minimum Gasteiger partial charge on any atom is -0.496 e. The normalized spacial score (nSPS) is 11.6. The van der Waals surface area contributed by atoms with Crippen molar-refractivity contribution < 1.29 is 9.13 Å². The number of rotatable bonds is 2. The average molecular weight is 249 g/mol. The molecular formula is C13H16FN3O. The van der Waals surface area contributed by atoms with Gasteiger partial charge in [-0.3, -0.25) is 0 Å². The lowest BCUT2D eigenvalue weighted by atomic mass is 10.1. The first-order valence-electron chi connectivity index (χ1n) is 5.68. The topological polar surface area (TPSA) is 39.9 Å². The standard InChI is InChI=1S/C13H16FN3O/c1-13(2,3)17-8-15-16-12(17)11-9(14)6-5-7-10(11)18-4/h5-8H,1-4H3. The average Bonchev–Trinajstić information content (AvgIpc) is 2.76. The second kappa shape index (κ2) is 4.40. The first-order chi connectivity index (χ1) is 8.45. The number of halogens is 1. The van der Waals surface area contributed by atoms with Gasteiger partial charge in [-0.2, -0.15) is 0 Å². The summed E-state index contributed by atoms with van der Waals surface area (Å²) in [5.41, 5.74) is 0.110. The van der Waals surface area contributed by atoms with Crippen LogP contribution >= 0.6 is 0 Å². The van der Waals surface area contributed by atoms with E-state index in [0.29, 0.717) is 17.1 Å². The Bertz CT molecular complexity index is 558. The van der Waals surface area contributed by atoms with Gasteiger partial charge in [-0.15, -0.1) is 10.2 Å². The number of aromatic nitrogens is 3. The summed E-state index contributed by atoms with van der Waals surface area (Å²) in [4.78, 5) is 0. The lowest BCUT2D eigenvalue weighted by molar-refractivity contribution is 0.393. The molecule has 0 aliphatic heterocycles. The Labute approximate surface area is 105 Å². The smallest absolute Gasteiger partial charge is 0.170 e. The Balaban J connectivity index is 2.67. The highest BCUT2D eigenvalue weighted by molar-refractivity contribution is 5.65. The molecule has 1 aromatic heterocycles. The Kier molecular flexibility index (Phi) is 3.07. The summed E-state index contributed by atoms with van der Waals surface area (Å²) in [6.07, 6.45) is 1.60. The molecule has 0 unspecified atom stereocenters. The van der Waals surface area contributed by atoms with E-state index in [4.69, 9.17) is 4.74 Å². The van der Waals surface area contributed by atoms with Crippen molar-refractivity contribution in [2.45, 2.75) is 26.3 Å². The number of nitrogens with zero attached hydrogens (tertiary/aromatic N) is 3. The molecule has 0 amide bonds. The van der Waals surface area contributed by atoms with Crippen molar-refractivity contribution in [2.75, 3.05) is 7.11 Å². The van der Waals surface area contributed by atoms with E-state index in [1.165, 1.54) is 13.2 Å². The van der Waals surface area contributed by atoms with Gasteiger partial charge in [0.25, 0.3) is 0 Å². The molecule has 0 fully saturated rings. The van der Waals surface area contributed by atoms with Gasteiger partial charge in [0, 0.05) is 5.54 Å². The van der Waals surface area contributed by atoms with Crippen LogP contribution in [0.15, 0.2) is 24.5 Å². The van der Waals surface area contributed by atoms with E-state index in [2.05, 4.69) is 10.2 Å². The molecule has 0 atom stereocenters. The second-order valence-electron chi connectivity index (χ2n) is 5.01. The molecule has 2 aromatic rings. The third kappa shape index (κ3) is 2.08. The van der Waals surface area contributed by atoms with Crippen LogP contribution in [-0.2, 0) is 5.54 Å². The lowest BCUT2D eigenvalue weighted by Crippen LogP contribution is -2.22. The molecule has 96 valence electrons. The van der Waals surface area contributed by atoms with Gasteiger partial charge in [0.05, 0.1) is 12.7 Å². The number of ether oxygens (including phenoxy) is 1. The van der Waals surface area contributed by atoms with Crippen LogP contribution < -0.4 is 4.74 Å². The SMILES string of the molecule is COc1cccc(F)c1-c1nncn1C(C)(C)C. The number of hydrogen-bond donors (Lipinski definition) is 0. The number of benzene rings is 1. The van der Waals surface area contributed by atoms with Crippen LogP contribution in [0.2, 0.25) is 0 Å². The Morgan fingerprint density at radius 3 is 2.61 bits per heavy atom. The van der Waals surface area contributed by atoms with Gasteiger partial charge in [0.1, 0.15) is 17.9 Å². The summed E-state index contributed by atoms with van der Waals surface area (Å²) in [6, 6.07) is 4.70. The fourth-order valence-electron chi connectivity index (χ4n) is 1.79. The van der Waals surface area contributed by atoms with Gasteiger partial charge < -0.3 is 9.30 Å². The minimum absolute atomic E-state index is 0.230. The predicted molar refractivity (Wildman–Crippen MR) is 67.0 cm³/mol. The quantitative estimate of drug-likeness (QED) is 0.821. The number of methoxy groups -OCH3 is 1. The molecule has 1 aromatic carbocycles. The van der Waals surface area contributed by atoms with Gasteiger partial charge in [0.2, 0.25) is 0 Å². The van der Waals surface area contributed by atoms with Gasteiger partial charge in [-0.25, -0.2) is 4.39 Å². The van der Waals surface area contributed by atoms with E-state index in [1.807, 2.05) is 25.3 Å².